The molecular weight excluding hydrogens is 284 g/mol. The first-order chi connectivity index (χ1) is 10.3. The van der Waals surface area contributed by atoms with Gasteiger partial charge in [-0.2, -0.15) is 0 Å². The minimum atomic E-state index is 0.519. The van der Waals surface area contributed by atoms with Crippen LogP contribution in [-0.2, 0) is 4.74 Å². The summed E-state index contributed by atoms with van der Waals surface area (Å²) in [5.74, 6) is 1.60. The van der Waals surface area contributed by atoms with Gasteiger partial charge in [0.05, 0.1) is 6.61 Å². The molecule has 3 rings (SSSR count). The van der Waals surface area contributed by atoms with E-state index < -0.39 is 0 Å². The predicted octanol–water partition coefficient (Wildman–Crippen LogP) is 3.31. The van der Waals surface area contributed by atoms with Crippen molar-refractivity contribution in [3.8, 4) is 0 Å². The number of hydrogen-bond acceptors (Lipinski definition) is 4. The van der Waals surface area contributed by atoms with E-state index in [2.05, 4.69) is 26.7 Å². The topological polar surface area (TPSA) is 46.1 Å². The summed E-state index contributed by atoms with van der Waals surface area (Å²) in [7, 11) is 2.12. The van der Waals surface area contributed by atoms with Gasteiger partial charge in [-0.05, 0) is 43.8 Å². The Morgan fingerprint density at radius 3 is 2.81 bits per heavy atom. The fourth-order valence-electron chi connectivity index (χ4n) is 3.65. The lowest BCUT2D eigenvalue weighted by Crippen LogP contribution is -2.33. The van der Waals surface area contributed by atoms with Gasteiger partial charge < -0.3 is 9.64 Å². The third kappa shape index (κ3) is 3.48. The van der Waals surface area contributed by atoms with Crippen molar-refractivity contribution in [3.05, 3.63) is 4.77 Å². The molecule has 2 fully saturated rings. The van der Waals surface area contributed by atoms with Crippen molar-refractivity contribution < 1.29 is 4.74 Å². The molecule has 21 heavy (non-hydrogen) atoms. The second kappa shape index (κ2) is 6.92. The summed E-state index contributed by atoms with van der Waals surface area (Å²) >= 11 is 5.47. The number of H-pyrrole nitrogens is 1. The Kier molecular flexibility index (Phi) is 4.95. The van der Waals surface area contributed by atoms with Gasteiger partial charge in [-0.15, -0.1) is 5.10 Å². The number of nitrogens with zero attached hydrogens (tertiary/aromatic N) is 3. The molecule has 0 radical (unpaired) electrons. The fourth-order valence-corrected chi connectivity index (χ4v) is 3.93. The largest absolute Gasteiger partial charge is 0.381 e. The molecule has 6 heteroatoms. The number of aromatic amines is 1. The minimum Gasteiger partial charge on any atom is -0.381 e. The van der Waals surface area contributed by atoms with Gasteiger partial charge in [-0.1, -0.05) is 19.3 Å². The van der Waals surface area contributed by atoms with Gasteiger partial charge in [0, 0.05) is 26.2 Å². The van der Waals surface area contributed by atoms with E-state index in [1.807, 2.05) is 0 Å². The van der Waals surface area contributed by atoms with Crippen molar-refractivity contribution in [1.29, 1.82) is 0 Å². The van der Waals surface area contributed by atoms with E-state index in [0.717, 1.165) is 30.5 Å². The summed E-state index contributed by atoms with van der Waals surface area (Å²) in [6.07, 6.45) is 8.83. The molecular formula is C15H26N4OS. The minimum absolute atomic E-state index is 0.519. The highest BCUT2D eigenvalue weighted by Crippen LogP contribution is 2.31. The molecule has 2 heterocycles. The Labute approximate surface area is 131 Å². The van der Waals surface area contributed by atoms with Crippen LogP contribution in [0.15, 0.2) is 0 Å². The molecule has 1 aromatic heterocycles. The summed E-state index contributed by atoms with van der Waals surface area (Å²) in [6, 6.07) is 0.519. The van der Waals surface area contributed by atoms with Gasteiger partial charge in [0.2, 0.25) is 5.95 Å². The van der Waals surface area contributed by atoms with Crippen LogP contribution in [0.4, 0.5) is 5.95 Å². The van der Waals surface area contributed by atoms with Crippen molar-refractivity contribution in [1.82, 2.24) is 14.8 Å². The molecule has 1 saturated carbocycles. The van der Waals surface area contributed by atoms with Crippen LogP contribution in [-0.4, -0.2) is 41.6 Å². The van der Waals surface area contributed by atoms with Crippen molar-refractivity contribution in [2.24, 2.45) is 5.92 Å². The summed E-state index contributed by atoms with van der Waals surface area (Å²) in [5.41, 5.74) is 0. The molecule has 0 aromatic carbocycles. The Bertz CT molecular complexity index is 500. The first kappa shape index (κ1) is 15.0. The maximum Gasteiger partial charge on any atom is 0.225 e. The average Bonchev–Trinajstić information content (AvgIpc) is 2.91. The smallest absolute Gasteiger partial charge is 0.225 e. The van der Waals surface area contributed by atoms with Crippen LogP contribution in [0.5, 0.6) is 0 Å². The Balaban J connectivity index is 1.73. The highest BCUT2D eigenvalue weighted by atomic mass is 32.1. The SMILES string of the molecule is CN(CC1CCCOC1)c1n[nH]c(=S)n1C1CCCCC1. The predicted molar refractivity (Wildman–Crippen MR) is 86.3 cm³/mol. The van der Waals surface area contributed by atoms with E-state index >= 15 is 0 Å². The highest BCUT2D eigenvalue weighted by molar-refractivity contribution is 7.71. The van der Waals surface area contributed by atoms with E-state index in [-0.39, 0.29) is 0 Å². The molecule has 1 aliphatic carbocycles. The summed E-state index contributed by atoms with van der Waals surface area (Å²) in [5, 5.41) is 7.48. The first-order valence-corrected chi connectivity index (χ1v) is 8.62. The molecule has 1 N–H and O–H groups in total. The average molecular weight is 310 g/mol. The van der Waals surface area contributed by atoms with Gasteiger partial charge in [0.25, 0.3) is 0 Å². The number of hydrogen-bond donors (Lipinski definition) is 1. The molecule has 2 aliphatic rings. The zero-order valence-corrected chi connectivity index (χ0v) is 13.7. The second-order valence-electron chi connectivity index (χ2n) is 6.45. The number of anilines is 1. The van der Waals surface area contributed by atoms with Gasteiger partial charge >= 0.3 is 0 Å². The number of aromatic nitrogens is 3. The number of rotatable bonds is 4. The van der Waals surface area contributed by atoms with E-state index in [0.29, 0.717) is 12.0 Å². The lowest BCUT2D eigenvalue weighted by molar-refractivity contribution is 0.0575. The third-order valence-electron chi connectivity index (χ3n) is 4.75. The van der Waals surface area contributed by atoms with Crippen molar-refractivity contribution in [2.75, 3.05) is 31.7 Å². The molecule has 118 valence electrons. The molecule has 0 bridgehead atoms. The standard InChI is InChI=1S/C15H26N4OS/c1-18(10-12-6-5-9-20-11-12)14-16-17-15(21)19(14)13-7-3-2-4-8-13/h12-13H,2-11H2,1H3,(H,17,21). The van der Waals surface area contributed by atoms with Crippen LogP contribution in [0.25, 0.3) is 0 Å². The van der Waals surface area contributed by atoms with Crippen LogP contribution in [0.1, 0.15) is 51.0 Å². The zero-order chi connectivity index (χ0) is 14.7. The lowest BCUT2D eigenvalue weighted by atomic mass is 9.95. The molecule has 0 amide bonds. The van der Waals surface area contributed by atoms with Crippen LogP contribution >= 0.6 is 12.2 Å². The molecule has 5 nitrogen and oxygen atoms in total. The molecule has 1 unspecified atom stereocenters. The highest BCUT2D eigenvalue weighted by Gasteiger charge is 2.23. The van der Waals surface area contributed by atoms with E-state index in [9.17, 15) is 0 Å². The molecule has 0 spiro atoms. The van der Waals surface area contributed by atoms with Crippen LogP contribution < -0.4 is 4.90 Å². The van der Waals surface area contributed by atoms with E-state index in [1.54, 1.807) is 0 Å². The normalized spacial score (nSPS) is 24.1. The van der Waals surface area contributed by atoms with Crippen molar-refractivity contribution >= 4 is 18.2 Å². The van der Waals surface area contributed by atoms with Crippen LogP contribution in [0.2, 0.25) is 0 Å². The van der Waals surface area contributed by atoms with Gasteiger partial charge in [-0.25, -0.2) is 5.10 Å². The Hall–Kier alpha value is -0.880. The van der Waals surface area contributed by atoms with Crippen LogP contribution in [0, 0.1) is 10.7 Å². The lowest BCUT2D eigenvalue weighted by Gasteiger charge is -2.30. The van der Waals surface area contributed by atoms with Crippen molar-refractivity contribution in [3.63, 3.8) is 0 Å². The number of ether oxygens (including phenoxy) is 1. The second-order valence-corrected chi connectivity index (χ2v) is 6.84. The summed E-state index contributed by atoms with van der Waals surface area (Å²) in [6.45, 7) is 2.78. The monoisotopic (exact) mass is 310 g/mol. The van der Waals surface area contributed by atoms with Crippen molar-refractivity contribution in [2.45, 2.75) is 51.0 Å². The maximum absolute atomic E-state index is 5.59. The quantitative estimate of drug-likeness (QED) is 0.867. The fraction of sp³-hybridized carbons (Fsp3) is 0.867. The summed E-state index contributed by atoms with van der Waals surface area (Å²) < 4.78 is 8.60. The van der Waals surface area contributed by atoms with Gasteiger partial charge in [0.1, 0.15) is 0 Å². The Morgan fingerprint density at radius 1 is 1.29 bits per heavy atom. The first-order valence-electron chi connectivity index (χ1n) is 8.21. The summed E-state index contributed by atoms with van der Waals surface area (Å²) in [4.78, 5) is 2.25. The molecule has 1 aromatic rings. The third-order valence-corrected chi connectivity index (χ3v) is 5.04. The number of nitrogens with one attached hydrogen (secondary N) is 1. The van der Waals surface area contributed by atoms with Gasteiger partial charge in [-0.3, -0.25) is 4.57 Å². The maximum atomic E-state index is 5.59. The zero-order valence-electron chi connectivity index (χ0n) is 12.9. The van der Waals surface area contributed by atoms with E-state index in [1.165, 1.54) is 44.9 Å². The van der Waals surface area contributed by atoms with Crippen LogP contribution in [0.3, 0.4) is 0 Å². The molecule has 1 saturated heterocycles. The Morgan fingerprint density at radius 2 is 2.10 bits per heavy atom. The van der Waals surface area contributed by atoms with E-state index in [4.69, 9.17) is 17.0 Å². The molecule has 1 aliphatic heterocycles. The van der Waals surface area contributed by atoms with Gasteiger partial charge in [0.15, 0.2) is 4.77 Å². The molecule has 1 atom stereocenters.